The maximum atomic E-state index is 12.5. The minimum atomic E-state index is -0.576. The molecule has 4 heteroatoms. The van der Waals surface area contributed by atoms with Gasteiger partial charge in [-0.05, 0) is 38.9 Å². The van der Waals surface area contributed by atoms with Crippen molar-refractivity contribution >= 4 is 12.8 Å². The Labute approximate surface area is 98.1 Å². The van der Waals surface area contributed by atoms with Crippen LogP contribution >= 0.6 is 0 Å². The van der Waals surface area contributed by atoms with Crippen LogP contribution in [0.5, 0.6) is 0 Å². The predicted molar refractivity (Wildman–Crippen MR) is 65.1 cm³/mol. The van der Waals surface area contributed by atoms with E-state index in [-0.39, 0.29) is 11.5 Å². The summed E-state index contributed by atoms with van der Waals surface area (Å²) < 4.78 is 0. The fraction of sp³-hybridized carbons (Fsp3) is 0.917. The molecule has 0 amide bonds. The molecule has 0 aromatic heterocycles. The standard InChI is InChI=1S/C12H22BNO2/c1-13(16)14-12(8-5-9-12)11(15)10-6-3-2-4-7-10/h10,14,16H,2-9H2,1H3. The van der Waals surface area contributed by atoms with Crippen molar-refractivity contribution in [2.24, 2.45) is 5.92 Å². The van der Waals surface area contributed by atoms with Gasteiger partial charge < -0.3 is 10.3 Å². The van der Waals surface area contributed by atoms with Gasteiger partial charge in [0.15, 0.2) is 5.78 Å². The first-order valence-corrected chi connectivity index (χ1v) is 6.64. The lowest BCUT2D eigenvalue weighted by Gasteiger charge is -2.44. The van der Waals surface area contributed by atoms with E-state index < -0.39 is 7.05 Å². The lowest BCUT2D eigenvalue weighted by atomic mass is 9.64. The van der Waals surface area contributed by atoms with Crippen LogP contribution < -0.4 is 5.23 Å². The molecule has 2 saturated carbocycles. The van der Waals surface area contributed by atoms with Crippen molar-refractivity contribution in [2.45, 2.75) is 63.7 Å². The molecule has 0 radical (unpaired) electrons. The van der Waals surface area contributed by atoms with E-state index in [0.717, 1.165) is 32.1 Å². The van der Waals surface area contributed by atoms with Gasteiger partial charge in [0.2, 0.25) is 0 Å². The summed E-state index contributed by atoms with van der Waals surface area (Å²) in [6.07, 6.45) is 8.71. The fourth-order valence-corrected chi connectivity index (χ4v) is 3.15. The second-order valence-corrected chi connectivity index (χ2v) is 5.46. The van der Waals surface area contributed by atoms with Gasteiger partial charge in [-0.15, -0.1) is 0 Å². The van der Waals surface area contributed by atoms with E-state index >= 15 is 0 Å². The van der Waals surface area contributed by atoms with Crippen LogP contribution in [0, 0.1) is 5.92 Å². The molecule has 0 atom stereocenters. The third kappa shape index (κ3) is 2.33. The highest BCUT2D eigenvalue weighted by atomic mass is 16.2. The zero-order valence-corrected chi connectivity index (χ0v) is 10.2. The number of hydrogen-bond donors (Lipinski definition) is 2. The normalized spacial score (nSPS) is 24.9. The summed E-state index contributed by atoms with van der Waals surface area (Å²) >= 11 is 0. The molecule has 2 N–H and O–H groups in total. The van der Waals surface area contributed by atoms with Crippen LogP contribution in [0.25, 0.3) is 0 Å². The lowest BCUT2D eigenvalue weighted by Crippen LogP contribution is -2.62. The van der Waals surface area contributed by atoms with E-state index in [9.17, 15) is 9.82 Å². The second kappa shape index (κ2) is 4.88. The molecule has 0 saturated heterocycles. The first-order valence-electron chi connectivity index (χ1n) is 6.64. The van der Waals surface area contributed by atoms with Crippen molar-refractivity contribution in [2.75, 3.05) is 0 Å². The topological polar surface area (TPSA) is 49.3 Å². The highest BCUT2D eigenvalue weighted by Gasteiger charge is 2.47. The molecule has 0 unspecified atom stereocenters. The maximum absolute atomic E-state index is 12.5. The maximum Gasteiger partial charge on any atom is 0.374 e. The highest BCUT2D eigenvalue weighted by molar-refractivity contribution is 6.46. The van der Waals surface area contributed by atoms with E-state index in [2.05, 4.69) is 5.23 Å². The number of carbonyl (C=O) groups excluding carboxylic acids is 1. The highest BCUT2D eigenvalue weighted by Crippen LogP contribution is 2.38. The van der Waals surface area contributed by atoms with Crippen LogP contribution in [0.1, 0.15) is 51.4 Å². The molecular weight excluding hydrogens is 201 g/mol. The Morgan fingerprint density at radius 3 is 2.31 bits per heavy atom. The third-order valence-electron chi connectivity index (χ3n) is 4.14. The molecule has 2 fully saturated rings. The molecule has 0 aromatic rings. The minimum Gasteiger partial charge on any atom is -0.437 e. The van der Waals surface area contributed by atoms with Crippen LogP contribution in [0.2, 0.25) is 6.82 Å². The van der Waals surface area contributed by atoms with Crippen LogP contribution in [-0.2, 0) is 4.79 Å². The molecule has 90 valence electrons. The van der Waals surface area contributed by atoms with Crippen molar-refractivity contribution in [3.63, 3.8) is 0 Å². The van der Waals surface area contributed by atoms with Gasteiger partial charge in [0.1, 0.15) is 0 Å². The monoisotopic (exact) mass is 223 g/mol. The number of rotatable bonds is 4. The Kier molecular flexibility index (Phi) is 3.70. The Hall–Kier alpha value is -0.345. The summed E-state index contributed by atoms with van der Waals surface area (Å²) in [6, 6.07) is 0. The molecule has 0 heterocycles. The van der Waals surface area contributed by atoms with Crippen molar-refractivity contribution in [3.8, 4) is 0 Å². The van der Waals surface area contributed by atoms with Gasteiger partial charge in [-0.3, -0.25) is 4.79 Å². The summed E-state index contributed by atoms with van der Waals surface area (Å²) in [4.78, 5) is 12.5. The quantitative estimate of drug-likeness (QED) is 0.714. The summed E-state index contributed by atoms with van der Waals surface area (Å²) in [5, 5.41) is 12.5. The number of ketones is 1. The largest absolute Gasteiger partial charge is 0.437 e. The number of Topliss-reactive ketones (excluding diaryl/α,β-unsaturated/α-hetero) is 1. The zero-order valence-electron chi connectivity index (χ0n) is 10.2. The molecule has 2 aliphatic carbocycles. The number of carbonyl (C=O) groups is 1. The number of hydrogen-bond acceptors (Lipinski definition) is 3. The first kappa shape index (κ1) is 12.1. The van der Waals surface area contributed by atoms with Gasteiger partial charge in [-0.2, -0.15) is 0 Å². The molecule has 2 aliphatic rings. The Balaban J connectivity index is 1.99. The smallest absolute Gasteiger partial charge is 0.374 e. The average Bonchev–Trinajstić information content (AvgIpc) is 2.23. The lowest BCUT2D eigenvalue weighted by molar-refractivity contribution is -0.133. The van der Waals surface area contributed by atoms with Crippen molar-refractivity contribution in [1.29, 1.82) is 0 Å². The van der Waals surface area contributed by atoms with E-state index in [1.165, 1.54) is 19.3 Å². The summed E-state index contributed by atoms with van der Waals surface area (Å²) in [5.41, 5.74) is -0.379. The predicted octanol–water partition coefficient (Wildman–Crippen LogP) is 1.76. The van der Waals surface area contributed by atoms with E-state index in [1.807, 2.05) is 0 Å². The molecule has 2 rings (SSSR count). The van der Waals surface area contributed by atoms with Gasteiger partial charge >= 0.3 is 7.05 Å². The van der Waals surface area contributed by atoms with Crippen molar-refractivity contribution in [1.82, 2.24) is 5.23 Å². The fourth-order valence-electron chi connectivity index (χ4n) is 3.15. The van der Waals surface area contributed by atoms with E-state index in [1.54, 1.807) is 6.82 Å². The summed E-state index contributed by atoms with van der Waals surface area (Å²) in [7, 11) is -0.576. The summed E-state index contributed by atoms with van der Waals surface area (Å²) in [5.74, 6) is 0.625. The average molecular weight is 223 g/mol. The SMILES string of the molecule is CB(O)NC1(C(=O)C2CCCCC2)CCC1. The molecule has 0 bridgehead atoms. The molecule has 3 nitrogen and oxygen atoms in total. The van der Waals surface area contributed by atoms with Crippen LogP contribution in [-0.4, -0.2) is 23.4 Å². The van der Waals surface area contributed by atoms with Gasteiger partial charge in [-0.25, -0.2) is 0 Å². The van der Waals surface area contributed by atoms with Gasteiger partial charge in [-0.1, -0.05) is 19.3 Å². The third-order valence-corrected chi connectivity index (χ3v) is 4.14. The Morgan fingerprint density at radius 1 is 1.25 bits per heavy atom. The van der Waals surface area contributed by atoms with Crippen LogP contribution in [0.15, 0.2) is 0 Å². The van der Waals surface area contributed by atoms with E-state index in [4.69, 9.17) is 0 Å². The summed E-state index contributed by atoms with van der Waals surface area (Å²) in [6.45, 7) is 1.70. The van der Waals surface area contributed by atoms with Gasteiger partial charge in [0.05, 0.1) is 5.54 Å². The van der Waals surface area contributed by atoms with Crippen molar-refractivity contribution in [3.05, 3.63) is 0 Å². The van der Waals surface area contributed by atoms with Crippen LogP contribution in [0.3, 0.4) is 0 Å². The van der Waals surface area contributed by atoms with Crippen molar-refractivity contribution < 1.29 is 9.82 Å². The van der Waals surface area contributed by atoms with Gasteiger partial charge in [0, 0.05) is 5.92 Å². The zero-order chi connectivity index (χ0) is 11.6. The molecule has 0 aliphatic heterocycles. The van der Waals surface area contributed by atoms with Gasteiger partial charge in [0.25, 0.3) is 0 Å². The number of nitrogens with one attached hydrogen (secondary N) is 1. The van der Waals surface area contributed by atoms with E-state index in [0.29, 0.717) is 5.78 Å². The minimum absolute atomic E-state index is 0.250. The molecular formula is C12H22BNO2. The molecule has 0 aromatic carbocycles. The second-order valence-electron chi connectivity index (χ2n) is 5.46. The Morgan fingerprint density at radius 2 is 1.88 bits per heavy atom. The first-order chi connectivity index (χ1) is 7.64. The molecule has 16 heavy (non-hydrogen) atoms. The van der Waals surface area contributed by atoms with Crippen LogP contribution in [0.4, 0.5) is 0 Å². The molecule has 0 spiro atoms. The Bertz CT molecular complexity index is 258.